The van der Waals surface area contributed by atoms with Crippen LogP contribution < -0.4 is 11.2 Å². The van der Waals surface area contributed by atoms with E-state index in [-0.39, 0.29) is 23.2 Å². The maximum atomic E-state index is 12.3. The zero-order valence-corrected chi connectivity index (χ0v) is 13.7. The first kappa shape index (κ1) is 15.8. The quantitative estimate of drug-likeness (QED) is 0.522. The van der Waals surface area contributed by atoms with Crippen LogP contribution in [-0.4, -0.2) is 37.4 Å². The lowest BCUT2D eigenvalue weighted by molar-refractivity contribution is 0.0948. The van der Waals surface area contributed by atoms with Crippen LogP contribution in [0.1, 0.15) is 41.5 Å². The summed E-state index contributed by atoms with van der Waals surface area (Å²) < 4.78 is 5.91. The van der Waals surface area contributed by atoms with Gasteiger partial charge in [-0.15, -0.1) is 5.10 Å². The second-order valence-corrected chi connectivity index (χ2v) is 5.90. The SMILES string of the molecule is CC(C)c1c(C(=O)NN=Cc2ccsc2)nnn1-c1nonc1N. The maximum Gasteiger partial charge on any atom is 0.293 e. The predicted molar refractivity (Wildman–Crippen MR) is 87.1 cm³/mol. The van der Waals surface area contributed by atoms with Gasteiger partial charge in [0.25, 0.3) is 5.91 Å². The molecule has 3 N–H and O–H groups in total. The van der Waals surface area contributed by atoms with Crippen molar-refractivity contribution in [1.29, 1.82) is 0 Å². The molecule has 0 fully saturated rings. The topological polar surface area (TPSA) is 137 Å². The Morgan fingerprint density at radius 2 is 2.33 bits per heavy atom. The number of hydrogen-bond acceptors (Lipinski definition) is 9. The van der Waals surface area contributed by atoms with Crippen LogP contribution >= 0.6 is 11.3 Å². The standard InChI is InChI=1S/C13H14N8O2S/c1-7(2)10-9(13(22)17-15-5-8-3-4-24-6-8)16-20-21(10)12-11(14)18-23-19-12/h3-7H,1-2H3,(H2,14,18)(H,17,22). The summed E-state index contributed by atoms with van der Waals surface area (Å²) in [5, 5.41) is 22.8. The van der Waals surface area contributed by atoms with Crippen molar-refractivity contribution in [2.24, 2.45) is 5.10 Å². The molecule has 0 atom stereocenters. The van der Waals surface area contributed by atoms with Crippen molar-refractivity contribution in [2.45, 2.75) is 19.8 Å². The number of rotatable bonds is 5. The molecule has 0 aliphatic heterocycles. The number of nitrogen functional groups attached to an aromatic ring is 1. The summed E-state index contributed by atoms with van der Waals surface area (Å²) in [7, 11) is 0. The molecule has 3 aromatic heterocycles. The minimum atomic E-state index is -0.480. The van der Waals surface area contributed by atoms with E-state index in [1.807, 2.05) is 30.7 Å². The van der Waals surface area contributed by atoms with Gasteiger partial charge in [-0.1, -0.05) is 19.1 Å². The lowest BCUT2D eigenvalue weighted by atomic mass is 10.1. The largest absolute Gasteiger partial charge is 0.378 e. The lowest BCUT2D eigenvalue weighted by Gasteiger charge is -2.07. The Labute approximate surface area is 140 Å². The summed E-state index contributed by atoms with van der Waals surface area (Å²) in [6.07, 6.45) is 1.55. The van der Waals surface area contributed by atoms with Gasteiger partial charge in [-0.2, -0.15) is 21.1 Å². The molecular weight excluding hydrogens is 332 g/mol. The van der Waals surface area contributed by atoms with Crippen molar-refractivity contribution in [3.8, 4) is 5.82 Å². The van der Waals surface area contributed by atoms with Crippen LogP contribution in [-0.2, 0) is 0 Å². The number of nitrogens with two attached hydrogens (primary N) is 1. The summed E-state index contributed by atoms with van der Waals surface area (Å²) in [6, 6.07) is 1.89. The first-order chi connectivity index (χ1) is 11.6. The molecule has 0 spiro atoms. The number of nitrogens with zero attached hydrogens (tertiary/aromatic N) is 6. The lowest BCUT2D eigenvalue weighted by Crippen LogP contribution is -2.20. The van der Waals surface area contributed by atoms with Gasteiger partial charge in [0.1, 0.15) is 0 Å². The van der Waals surface area contributed by atoms with Gasteiger partial charge in [0, 0.05) is 5.56 Å². The van der Waals surface area contributed by atoms with Crippen molar-refractivity contribution in [2.75, 3.05) is 5.73 Å². The van der Waals surface area contributed by atoms with Gasteiger partial charge >= 0.3 is 0 Å². The number of amides is 1. The molecule has 3 rings (SSSR count). The number of hydrogen-bond donors (Lipinski definition) is 2. The smallest absolute Gasteiger partial charge is 0.293 e. The van der Waals surface area contributed by atoms with Gasteiger partial charge in [-0.25, -0.2) is 10.1 Å². The molecule has 10 nitrogen and oxygen atoms in total. The minimum absolute atomic E-state index is 0.0595. The second-order valence-electron chi connectivity index (χ2n) is 5.12. The number of nitrogens with one attached hydrogen (secondary N) is 1. The fourth-order valence-electron chi connectivity index (χ4n) is 2.03. The molecule has 24 heavy (non-hydrogen) atoms. The van der Waals surface area contributed by atoms with E-state index in [1.54, 1.807) is 17.6 Å². The van der Waals surface area contributed by atoms with Crippen molar-refractivity contribution in [3.05, 3.63) is 33.8 Å². The fraction of sp³-hybridized carbons (Fsp3) is 0.231. The van der Waals surface area contributed by atoms with Crippen molar-refractivity contribution in [1.82, 2.24) is 30.7 Å². The molecule has 0 unspecified atom stereocenters. The number of hydrazone groups is 1. The van der Waals surface area contributed by atoms with Gasteiger partial charge in [-0.3, -0.25) is 4.79 Å². The van der Waals surface area contributed by atoms with E-state index in [0.717, 1.165) is 5.56 Å². The van der Waals surface area contributed by atoms with Gasteiger partial charge in [-0.05, 0) is 33.1 Å². The van der Waals surface area contributed by atoms with Crippen LogP contribution in [0.5, 0.6) is 0 Å². The molecular formula is C13H14N8O2S. The zero-order chi connectivity index (χ0) is 17.1. The van der Waals surface area contributed by atoms with E-state index >= 15 is 0 Å². The Balaban J connectivity index is 1.86. The number of carbonyl (C=O) groups excluding carboxylic acids is 1. The highest BCUT2D eigenvalue weighted by Crippen LogP contribution is 2.22. The molecule has 0 radical (unpaired) electrons. The summed E-state index contributed by atoms with van der Waals surface area (Å²) in [5.74, 6) is -0.305. The maximum absolute atomic E-state index is 12.3. The second kappa shape index (κ2) is 6.58. The summed E-state index contributed by atoms with van der Waals surface area (Å²) in [6.45, 7) is 3.79. The van der Waals surface area contributed by atoms with Crippen molar-refractivity contribution < 1.29 is 9.42 Å². The van der Waals surface area contributed by atoms with E-state index in [0.29, 0.717) is 5.69 Å². The normalized spacial score (nSPS) is 11.5. The van der Waals surface area contributed by atoms with Gasteiger partial charge in [0.05, 0.1) is 11.9 Å². The van der Waals surface area contributed by atoms with Crippen LogP contribution in [0.25, 0.3) is 5.82 Å². The highest BCUT2D eigenvalue weighted by Gasteiger charge is 2.25. The molecule has 11 heteroatoms. The van der Waals surface area contributed by atoms with Gasteiger partial charge in [0.15, 0.2) is 5.69 Å². The number of aromatic nitrogens is 5. The third-order valence-corrected chi connectivity index (χ3v) is 3.79. The van der Waals surface area contributed by atoms with Crippen LogP contribution in [0.15, 0.2) is 26.6 Å². The highest BCUT2D eigenvalue weighted by molar-refractivity contribution is 7.08. The van der Waals surface area contributed by atoms with Gasteiger partial charge < -0.3 is 5.73 Å². The number of carbonyl (C=O) groups is 1. The Morgan fingerprint density at radius 3 is 2.96 bits per heavy atom. The Kier molecular flexibility index (Phi) is 4.33. The highest BCUT2D eigenvalue weighted by atomic mass is 32.1. The Bertz CT molecular complexity index is 865. The molecule has 0 aliphatic carbocycles. The van der Waals surface area contributed by atoms with Crippen molar-refractivity contribution >= 4 is 29.3 Å². The van der Waals surface area contributed by atoms with Crippen LogP contribution in [0.4, 0.5) is 5.82 Å². The van der Waals surface area contributed by atoms with Gasteiger partial charge in [0.2, 0.25) is 11.6 Å². The van der Waals surface area contributed by atoms with E-state index < -0.39 is 5.91 Å². The Morgan fingerprint density at radius 1 is 1.50 bits per heavy atom. The monoisotopic (exact) mass is 346 g/mol. The summed E-state index contributed by atoms with van der Waals surface area (Å²) in [4.78, 5) is 12.3. The molecule has 3 aromatic rings. The summed E-state index contributed by atoms with van der Waals surface area (Å²) >= 11 is 1.54. The molecule has 0 saturated heterocycles. The van der Waals surface area contributed by atoms with E-state index in [4.69, 9.17) is 5.73 Å². The molecule has 0 bridgehead atoms. The molecule has 1 amide bonds. The first-order valence-corrected chi connectivity index (χ1v) is 7.91. The van der Waals surface area contributed by atoms with E-state index in [1.165, 1.54) is 4.68 Å². The average Bonchev–Trinajstić information content (AvgIpc) is 3.25. The first-order valence-electron chi connectivity index (χ1n) is 6.97. The Hall–Kier alpha value is -3.08. The fourth-order valence-corrected chi connectivity index (χ4v) is 2.64. The zero-order valence-electron chi connectivity index (χ0n) is 12.9. The van der Waals surface area contributed by atoms with Crippen LogP contribution in [0, 0.1) is 0 Å². The van der Waals surface area contributed by atoms with Crippen LogP contribution in [0.3, 0.4) is 0 Å². The predicted octanol–water partition coefficient (Wildman–Crippen LogP) is 1.18. The minimum Gasteiger partial charge on any atom is -0.378 e. The number of thiophene rings is 1. The van der Waals surface area contributed by atoms with E-state index in [9.17, 15) is 4.79 Å². The third-order valence-electron chi connectivity index (χ3n) is 3.09. The molecule has 0 aromatic carbocycles. The summed E-state index contributed by atoms with van der Waals surface area (Å²) in [5.41, 5.74) is 9.68. The third kappa shape index (κ3) is 3.01. The molecule has 0 aliphatic rings. The average molecular weight is 346 g/mol. The number of anilines is 1. The van der Waals surface area contributed by atoms with Crippen molar-refractivity contribution in [3.63, 3.8) is 0 Å². The van der Waals surface area contributed by atoms with Crippen LogP contribution in [0.2, 0.25) is 0 Å². The molecule has 3 heterocycles. The molecule has 124 valence electrons. The molecule has 0 saturated carbocycles. The van der Waals surface area contributed by atoms with E-state index in [2.05, 4.69) is 35.8 Å².